The van der Waals surface area contributed by atoms with Gasteiger partial charge in [-0.15, -0.1) is 0 Å². The van der Waals surface area contributed by atoms with Gasteiger partial charge in [0.15, 0.2) is 0 Å². The van der Waals surface area contributed by atoms with Crippen molar-refractivity contribution in [1.29, 1.82) is 0 Å². The molecule has 1 aromatic carbocycles. The van der Waals surface area contributed by atoms with Crippen molar-refractivity contribution in [2.45, 2.75) is 17.7 Å². The first kappa shape index (κ1) is 12.7. The molecular weight excluding hydrogens is 285 g/mol. The number of hydrogen-bond donors (Lipinski definition) is 1. The van der Waals surface area contributed by atoms with Crippen LogP contribution in [0.5, 0.6) is 0 Å². The molecule has 1 aromatic rings. The lowest BCUT2D eigenvalue weighted by Gasteiger charge is -2.07. The molecular formula is C10H9Cl2NO3S. The zero-order chi connectivity index (χ0) is 12.6. The largest absolute Gasteiger partial charge is 0.325 e. The summed E-state index contributed by atoms with van der Waals surface area (Å²) >= 11 is 5.87. The Morgan fingerprint density at radius 2 is 2.00 bits per heavy atom. The summed E-state index contributed by atoms with van der Waals surface area (Å²) in [7, 11) is 1.38. The van der Waals surface area contributed by atoms with Crippen LogP contribution < -0.4 is 5.32 Å². The number of amides is 1. The number of carbonyl (C=O) groups excluding carboxylic acids is 1. The average Bonchev–Trinajstić information content (AvgIpc) is 3.02. The Balaban J connectivity index is 2.22. The van der Waals surface area contributed by atoms with Gasteiger partial charge >= 0.3 is 0 Å². The molecule has 0 aromatic heterocycles. The Labute approximate surface area is 108 Å². The lowest BCUT2D eigenvalue weighted by atomic mass is 10.3. The minimum absolute atomic E-state index is 0.0579. The van der Waals surface area contributed by atoms with Crippen LogP contribution in [-0.2, 0) is 13.8 Å². The van der Waals surface area contributed by atoms with E-state index in [0.29, 0.717) is 5.69 Å². The van der Waals surface area contributed by atoms with E-state index in [4.69, 9.17) is 22.3 Å². The van der Waals surface area contributed by atoms with Gasteiger partial charge in [0.2, 0.25) is 5.91 Å². The fourth-order valence-corrected chi connectivity index (χ4v) is 2.40. The second kappa shape index (κ2) is 4.48. The van der Waals surface area contributed by atoms with E-state index in [2.05, 4.69) is 5.32 Å². The van der Waals surface area contributed by atoms with Crippen molar-refractivity contribution in [3.63, 3.8) is 0 Å². The van der Waals surface area contributed by atoms with Gasteiger partial charge in [0.1, 0.15) is 0 Å². The molecule has 0 unspecified atom stereocenters. The third-order valence-electron chi connectivity index (χ3n) is 2.43. The van der Waals surface area contributed by atoms with E-state index in [-0.39, 0.29) is 21.7 Å². The van der Waals surface area contributed by atoms with Crippen molar-refractivity contribution in [2.75, 3.05) is 5.32 Å². The maximum absolute atomic E-state index is 11.5. The van der Waals surface area contributed by atoms with Crippen LogP contribution in [0.15, 0.2) is 23.1 Å². The van der Waals surface area contributed by atoms with Crippen LogP contribution in [0.2, 0.25) is 5.02 Å². The summed E-state index contributed by atoms with van der Waals surface area (Å²) < 4.78 is 22.1. The normalized spacial score (nSPS) is 15.6. The van der Waals surface area contributed by atoms with Gasteiger partial charge in [-0.1, -0.05) is 11.6 Å². The summed E-state index contributed by atoms with van der Waals surface area (Å²) in [5, 5.41) is 2.80. The third-order valence-corrected chi connectivity index (χ3v) is 4.09. The highest BCUT2D eigenvalue weighted by Crippen LogP contribution is 2.32. The number of anilines is 1. The standard InChI is InChI=1S/C10H9Cl2NO3S/c11-8-5-7(17(12,15)16)3-4-9(8)13-10(14)6-1-2-6/h3-6H,1-2H2,(H,13,14). The Morgan fingerprint density at radius 1 is 1.35 bits per heavy atom. The maximum Gasteiger partial charge on any atom is 0.261 e. The molecule has 0 spiro atoms. The molecule has 92 valence electrons. The first-order valence-electron chi connectivity index (χ1n) is 4.93. The summed E-state index contributed by atoms with van der Waals surface area (Å²) in [6.07, 6.45) is 1.77. The minimum atomic E-state index is -3.80. The number of carbonyl (C=O) groups is 1. The highest BCUT2D eigenvalue weighted by atomic mass is 35.7. The number of halogens is 2. The van der Waals surface area contributed by atoms with Crippen LogP contribution in [-0.4, -0.2) is 14.3 Å². The van der Waals surface area contributed by atoms with Gasteiger partial charge in [0.25, 0.3) is 9.05 Å². The Morgan fingerprint density at radius 3 is 2.47 bits per heavy atom. The van der Waals surface area contributed by atoms with Gasteiger partial charge in [-0.25, -0.2) is 8.42 Å². The maximum atomic E-state index is 11.5. The van der Waals surface area contributed by atoms with Gasteiger partial charge in [-0.3, -0.25) is 4.79 Å². The molecule has 2 rings (SSSR count). The quantitative estimate of drug-likeness (QED) is 0.872. The molecule has 0 radical (unpaired) electrons. The third kappa shape index (κ3) is 3.12. The molecule has 1 aliphatic carbocycles. The van der Waals surface area contributed by atoms with Crippen molar-refractivity contribution >= 4 is 42.9 Å². The van der Waals surface area contributed by atoms with Gasteiger partial charge in [-0.05, 0) is 31.0 Å². The van der Waals surface area contributed by atoms with Crippen molar-refractivity contribution in [1.82, 2.24) is 0 Å². The van der Waals surface area contributed by atoms with E-state index >= 15 is 0 Å². The Kier molecular flexibility index (Phi) is 3.34. The monoisotopic (exact) mass is 293 g/mol. The summed E-state index contributed by atoms with van der Waals surface area (Å²) in [6, 6.07) is 3.95. The molecule has 17 heavy (non-hydrogen) atoms. The van der Waals surface area contributed by atoms with Crippen LogP contribution in [0.3, 0.4) is 0 Å². The summed E-state index contributed by atoms with van der Waals surface area (Å²) in [5.41, 5.74) is 0.396. The van der Waals surface area contributed by atoms with Crippen LogP contribution >= 0.6 is 22.3 Å². The van der Waals surface area contributed by atoms with E-state index in [1.165, 1.54) is 18.2 Å². The Hall–Kier alpha value is -0.780. The minimum Gasteiger partial charge on any atom is -0.325 e. The van der Waals surface area contributed by atoms with Crippen molar-refractivity contribution in [3.8, 4) is 0 Å². The number of hydrogen-bond acceptors (Lipinski definition) is 3. The summed E-state index contributed by atoms with van der Waals surface area (Å²) in [5.74, 6) is -0.0316. The van der Waals surface area contributed by atoms with E-state index in [1.54, 1.807) is 0 Å². The average molecular weight is 294 g/mol. The molecule has 4 nitrogen and oxygen atoms in total. The summed E-state index contributed by atoms with van der Waals surface area (Å²) in [6.45, 7) is 0. The molecule has 0 aliphatic heterocycles. The fourth-order valence-electron chi connectivity index (χ4n) is 1.33. The van der Waals surface area contributed by atoms with Crippen LogP contribution in [0.4, 0.5) is 5.69 Å². The van der Waals surface area contributed by atoms with Gasteiger partial charge < -0.3 is 5.32 Å². The first-order chi connectivity index (χ1) is 7.88. The van der Waals surface area contributed by atoms with Crippen LogP contribution in [0, 0.1) is 5.92 Å². The molecule has 1 saturated carbocycles. The van der Waals surface area contributed by atoms with Crippen LogP contribution in [0.1, 0.15) is 12.8 Å². The molecule has 0 heterocycles. The second-order valence-corrected chi connectivity index (χ2v) is 6.82. The molecule has 0 atom stereocenters. The topological polar surface area (TPSA) is 63.2 Å². The number of benzene rings is 1. The second-order valence-electron chi connectivity index (χ2n) is 3.84. The molecule has 1 N–H and O–H groups in total. The SMILES string of the molecule is O=C(Nc1ccc(S(=O)(=O)Cl)cc1Cl)C1CC1. The zero-order valence-electron chi connectivity index (χ0n) is 8.61. The van der Waals surface area contributed by atoms with E-state index in [1.807, 2.05) is 0 Å². The van der Waals surface area contributed by atoms with Gasteiger partial charge in [0, 0.05) is 16.6 Å². The van der Waals surface area contributed by atoms with Crippen LogP contribution in [0.25, 0.3) is 0 Å². The van der Waals surface area contributed by atoms with E-state index in [0.717, 1.165) is 12.8 Å². The first-order valence-corrected chi connectivity index (χ1v) is 7.62. The fraction of sp³-hybridized carbons (Fsp3) is 0.300. The lowest BCUT2D eigenvalue weighted by molar-refractivity contribution is -0.117. The molecule has 1 fully saturated rings. The molecule has 0 saturated heterocycles. The molecule has 7 heteroatoms. The molecule has 1 aliphatic rings. The van der Waals surface area contributed by atoms with Gasteiger partial charge in [0.05, 0.1) is 15.6 Å². The number of nitrogens with one attached hydrogen (secondary N) is 1. The lowest BCUT2D eigenvalue weighted by Crippen LogP contribution is -2.13. The highest BCUT2D eigenvalue weighted by Gasteiger charge is 2.30. The highest BCUT2D eigenvalue weighted by molar-refractivity contribution is 8.13. The van der Waals surface area contributed by atoms with Crippen molar-refractivity contribution < 1.29 is 13.2 Å². The van der Waals surface area contributed by atoms with E-state index in [9.17, 15) is 13.2 Å². The Bertz CT molecular complexity index is 567. The smallest absolute Gasteiger partial charge is 0.261 e. The molecule has 0 bridgehead atoms. The number of rotatable bonds is 3. The van der Waals surface area contributed by atoms with Crippen molar-refractivity contribution in [3.05, 3.63) is 23.2 Å². The predicted octanol–water partition coefficient (Wildman–Crippen LogP) is 2.62. The zero-order valence-corrected chi connectivity index (χ0v) is 10.9. The predicted molar refractivity (Wildman–Crippen MR) is 65.8 cm³/mol. The molecule has 1 amide bonds. The van der Waals surface area contributed by atoms with E-state index < -0.39 is 9.05 Å². The van der Waals surface area contributed by atoms with Gasteiger partial charge in [-0.2, -0.15) is 0 Å². The summed E-state index contributed by atoms with van der Waals surface area (Å²) in [4.78, 5) is 11.4. The van der Waals surface area contributed by atoms with Crippen molar-refractivity contribution in [2.24, 2.45) is 5.92 Å².